The van der Waals surface area contributed by atoms with Gasteiger partial charge < -0.3 is 25.8 Å². The molecule has 4 N–H and O–H groups in total. The maximum Gasteiger partial charge on any atom is 0.404 e. The molecule has 0 bridgehead atoms. The summed E-state index contributed by atoms with van der Waals surface area (Å²) in [4.78, 5) is 37.9. The Morgan fingerprint density at radius 1 is 1.19 bits per heavy atom. The van der Waals surface area contributed by atoms with Gasteiger partial charge in [0.25, 0.3) is 0 Å². The van der Waals surface area contributed by atoms with Gasteiger partial charge in [-0.3, -0.25) is 9.78 Å². The normalized spacial score (nSPS) is 20.1. The number of nitrogens with zero attached hydrogens (tertiary/aromatic N) is 3. The van der Waals surface area contributed by atoms with Crippen LogP contribution in [0.25, 0.3) is 11.0 Å². The first-order valence-corrected chi connectivity index (χ1v) is 13.4. The van der Waals surface area contributed by atoms with Crippen LogP contribution in [0.1, 0.15) is 36.9 Å². The first-order valence-electron chi connectivity index (χ1n) is 12.4. The van der Waals surface area contributed by atoms with Gasteiger partial charge in [-0.25, -0.2) is 14.8 Å². The molecule has 11 heteroatoms. The molecule has 0 aromatic carbocycles. The summed E-state index contributed by atoms with van der Waals surface area (Å²) < 4.78 is 5.28. The summed E-state index contributed by atoms with van der Waals surface area (Å²) in [5.41, 5.74) is 3.34. The van der Waals surface area contributed by atoms with Gasteiger partial charge in [0.2, 0.25) is 11.8 Å². The molecule has 5 rings (SSSR count). The molecule has 37 heavy (non-hydrogen) atoms. The number of anilines is 1. The fourth-order valence-electron chi connectivity index (χ4n) is 5.15. The molecule has 1 atom stereocenters. The maximum atomic E-state index is 11.7. The number of ether oxygens (including phenoxy) is 1. The van der Waals surface area contributed by atoms with Crippen molar-refractivity contribution in [3.63, 3.8) is 0 Å². The molecule has 1 aliphatic carbocycles. The van der Waals surface area contributed by atoms with Gasteiger partial charge in [0, 0.05) is 30.9 Å². The van der Waals surface area contributed by atoms with Crippen LogP contribution in [-0.2, 0) is 17.8 Å². The third-order valence-corrected chi connectivity index (χ3v) is 8.09. The summed E-state index contributed by atoms with van der Waals surface area (Å²) in [6.07, 6.45) is 4.98. The summed E-state index contributed by atoms with van der Waals surface area (Å²) in [6, 6.07) is 9.66. The van der Waals surface area contributed by atoms with Gasteiger partial charge in [0.15, 0.2) is 0 Å². The van der Waals surface area contributed by atoms with E-state index >= 15 is 0 Å². The lowest BCUT2D eigenvalue weighted by atomic mass is 9.79. The molecule has 1 saturated carbocycles. The highest BCUT2D eigenvalue weighted by Gasteiger charge is 2.29. The smallest absolute Gasteiger partial charge is 0.404 e. The van der Waals surface area contributed by atoms with Crippen LogP contribution < -0.4 is 20.7 Å². The Bertz CT molecular complexity index is 1300. The van der Waals surface area contributed by atoms with Gasteiger partial charge in [-0.1, -0.05) is 0 Å². The summed E-state index contributed by atoms with van der Waals surface area (Å²) in [5.74, 6) is 1.77. The number of pyridine rings is 3. The van der Waals surface area contributed by atoms with E-state index in [1.54, 1.807) is 19.4 Å². The number of amides is 2. The zero-order valence-corrected chi connectivity index (χ0v) is 21.4. The Morgan fingerprint density at radius 2 is 2.03 bits per heavy atom. The van der Waals surface area contributed by atoms with Crippen LogP contribution in [0.15, 0.2) is 41.4 Å². The summed E-state index contributed by atoms with van der Waals surface area (Å²) in [5, 5.41) is 18.7. The van der Waals surface area contributed by atoms with Crippen LogP contribution in [0.3, 0.4) is 0 Å². The van der Waals surface area contributed by atoms with E-state index in [0.29, 0.717) is 36.5 Å². The quantitative estimate of drug-likeness (QED) is 0.349. The maximum absolute atomic E-state index is 11.7. The number of methoxy groups -OCH3 is 1. The van der Waals surface area contributed by atoms with Crippen molar-refractivity contribution in [3.8, 4) is 5.88 Å². The number of thioether (sulfide) groups is 1. The number of carbonyl (C=O) groups excluding carboxylic acids is 1. The Hall–Kier alpha value is -3.44. The van der Waals surface area contributed by atoms with Crippen LogP contribution >= 0.6 is 11.8 Å². The zero-order chi connectivity index (χ0) is 25.8. The number of nitrogens with one attached hydrogen (secondary N) is 3. The number of aromatic nitrogens is 3. The molecular weight excluding hydrogens is 492 g/mol. The number of rotatable bonds is 8. The molecule has 3 aromatic rings. The van der Waals surface area contributed by atoms with Gasteiger partial charge in [-0.05, 0) is 67.9 Å². The highest BCUT2D eigenvalue weighted by molar-refractivity contribution is 8.00. The van der Waals surface area contributed by atoms with Gasteiger partial charge in [0.05, 0.1) is 34.5 Å². The first-order chi connectivity index (χ1) is 18.0. The van der Waals surface area contributed by atoms with E-state index < -0.39 is 6.09 Å². The van der Waals surface area contributed by atoms with E-state index in [2.05, 4.69) is 30.9 Å². The predicted octanol–water partition coefficient (Wildman–Crippen LogP) is 3.60. The minimum absolute atomic E-state index is 0.0207. The van der Waals surface area contributed by atoms with Crippen LogP contribution in [-0.4, -0.2) is 57.0 Å². The minimum atomic E-state index is -1.02. The lowest BCUT2D eigenvalue weighted by Crippen LogP contribution is -2.44. The molecule has 4 heterocycles. The monoisotopic (exact) mass is 522 g/mol. The lowest BCUT2D eigenvalue weighted by Gasteiger charge is -2.34. The number of carbonyl (C=O) groups is 2. The standard InChI is InChI=1S/C26H30N6O4S/c1-36-23-9-7-19-24(32-23)16(10-11-27-19)12-20(30-26(34)35)15-2-4-17(5-3-15)28-13-18-6-8-21-25(29-18)31-22(33)14-37-21/h6-11,15,17,20,28,30H,2-5,12-14H2,1H3,(H,34,35)(H,29,31,33)/t15?,17?,20-/m0/s1. The molecule has 2 aliphatic rings. The topological polar surface area (TPSA) is 138 Å². The molecule has 194 valence electrons. The van der Waals surface area contributed by atoms with Gasteiger partial charge in [-0.15, -0.1) is 11.8 Å². The second kappa shape index (κ2) is 11.3. The predicted molar refractivity (Wildman–Crippen MR) is 141 cm³/mol. The average Bonchev–Trinajstić information content (AvgIpc) is 2.91. The molecule has 0 spiro atoms. The van der Waals surface area contributed by atoms with Gasteiger partial charge in [0.1, 0.15) is 5.82 Å². The summed E-state index contributed by atoms with van der Waals surface area (Å²) in [6.45, 7) is 0.621. The third-order valence-electron chi connectivity index (χ3n) is 7.04. The SMILES string of the molecule is COc1ccc2nccc(C[C@H](NC(=O)O)C3CCC(NCc4ccc5c(n4)NC(=O)CS5)CC3)c2n1. The van der Waals surface area contributed by atoms with Crippen molar-refractivity contribution < 1.29 is 19.4 Å². The number of hydrogen-bond donors (Lipinski definition) is 4. The minimum Gasteiger partial charge on any atom is -0.481 e. The molecular formula is C26H30N6O4S. The molecule has 0 radical (unpaired) electrons. The van der Waals surface area contributed by atoms with Gasteiger partial charge >= 0.3 is 6.09 Å². The van der Waals surface area contributed by atoms with E-state index in [0.717, 1.165) is 52.9 Å². The Kier molecular flexibility index (Phi) is 7.71. The van der Waals surface area contributed by atoms with Crippen molar-refractivity contribution in [1.82, 2.24) is 25.6 Å². The van der Waals surface area contributed by atoms with E-state index in [1.807, 2.05) is 24.3 Å². The van der Waals surface area contributed by atoms with E-state index in [9.17, 15) is 14.7 Å². The van der Waals surface area contributed by atoms with Crippen LogP contribution in [0.2, 0.25) is 0 Å². The van der Waals surface area contributed by atoms with E-state index in [1.165, 1.54) is 11.8 Å². The largest absolute Gasteiger partial charge is 0.481 e. The lowest BCUT2D eigenvalue weighted by molar-refractivity contribution is -0.113. The fraction of sp³-hybridized carbons (Fsp3) is 0.423. The number of hydrogen-bond acceptors (Lipinski definition) is 8. The molecule has 10 nitrogen and oxygen atoms in total. The summed E-state index contributed by atoms with van der Waals surface area (Å²) >= 11 is 1.51. The molecule has 3 aromatic heterocycles. The van der Waals surface area contributed by atoms with E-state index in [4.69, 9.17) is 4.74 Å². The van der Waals surface area contributed by atoms with Crippen LogP contribution in [0.4, 0.5) is 10.6 Å². The Balaban J connectivity index is 1.21. The molecule has 2 amide bonds. The number of carboxylic acid groups (broad SMARTS) is 1. The third kappa shape index (κ3) is 6.11. The van der Waals surface area contributed by atoms with Crippen molar-refractivity contribution in [1.29, 1.82) is 0 Å². The fourth-order valence-corrected chi connectivity index (χ4v) is 5.90. The molecule has 1 fully saturated rings. The van der Waals surface area contributed by atoms with Crippen LogP contribution in [0.5, 0.6) is 5.88 Å². The van der Waals surface area contributed by atoms with Crippen molar-refractivity contribution in [3.05, 3.63) is 47.8 Å². The summed E-state index contributed by atoms with van der Waals surface area (Å²) in [7, 11) is 1.57. The zero-order valence-electron chi connectivity index (χ0n) is 20.6. The second-order valence-electron chi connectivity index (χ2n) is 9.43. The highest BCUT2D eigenvalue weighted by atomic mass is 32.2. The van der Waals surface area contributed by atoms with Crippen molar-refractivity contribution in [2.24, 2.45) is 5.92 Å². The second-order valence-corrected chi connectivity index (χ2v) is 10.4. The average molecular weight is 523 g/mol. The Morgan fingerprint density at radius 3 is 2.81 bits per heavy atom. The number of fused-ring (bicyclic) bond motifs is 2. The van der Waals surface area contributed by atoms with Crippen molar-refractivity contribution in [2.75, 3.05) is 18.2 Å². The molecule has 0 saturated heterocycles. The van der Waals surface area contributed by atoms with Crippen molar-refractivity contribution in [2.45, 2.75) is 55.6 Å². The highest BCUT2D eigenvalue weighted by Crippen LogP contribution is 2.31. The molecule has 1 aliphatic heterocycles. The van der Waals surface area contributed by atoms with Crippen LogP contribution in [0, 0.1) is 5.92 Å². The first kappa shape index (κ1) is 25.2. The van der Waals surface area contributed by atoms with E-state index in [-0.39, 0.29) is 17.9 Å². The van der Waals surface area contributed by atoms with Crippen molar-refractivity contribution >= 4 is 40.6 Å². The van der Waals surface area contributed by atoms with Gasteiger partial charge in [-0.2, -0.15) is 0 Å². The molecule has 0 unspecified atom stereocenters. The Labute approximate surface area is 219 Å².